The Kier molecular flexibility index (Phi) is 6.15. The summed E-state index contributed by atoms with van der Waals surface area (Å²) >= 11 is 0. The van der Waals surface area contributed by atoms with Gasteiger partial charge in [0.15, 0.2) is 5.28 Å². The van der Waals surface area contributed by atoms with Crippen LogP contribution in [0, 0.1) is 5.21 Å². The molecule has 1 heterocycles. The predicted octanol–water partition coefficient (Wildman–Crippen LogP) is 0.400. The van der Waals surface area contributed by atoms with E-state index in [0.717, 1.165) is 0 Å². The quantitative estimate of drug-likeness (QED) is 0.406. The molecule has 1 aromatic carbocycles. The second kappa shape index (κ2) is 8.12. The van der Waals surface area contributed by atoms with Crippen LogP contribution in [0.5, 0.6) is 5.75 Å². The largest absolute Gasteiger partial charge is 0.597 e. The van der Waals surface area contributed by atoms with Crippen LogP contribution in [-0.4, -0.2) is 68.9 Å². The number of benzene rings is 1. The van der Waals surface area contributed by atoms with Gasteiger partial charge in [0.05, 0.1) is 18.7 Å². The van der Waals surface area contributed by atoms with E-state index in [-0.39, 0.29) is 16.4 Å². The fraction of sp³-hybridized carbons (Fsp3) is 0.500. The molecule has 1 fully saturated rings. The molecule has 0 saturated carbocycles. The predicted molar refractivity (Wildman–Crippen MR) is 86.0 cm³/mol. The van der Waals surface area contributed by atoms with Crippen LogP contribution in [0.1, 0.15) is 6.42 Å². The molecule has 0 spiro atoms. The van der Waals surface area contributed by atoms with Gasteiger partial charge in [-0.2, -0.15) is 4.31 Å². The molecule has 0 N–H and O–H groups in total. The Hall–Kier alpha value is -2.40. The molecule has 1 amide bonds. The highest BCUT2D eigenvalue weighted by Crippen LogP contribution is 2.21. The Morgan fingerprint density at radius 3 is 2.56 bits per heavy atom. The van der Waals surface area contributed by atoms with E-state index in [1.165, 1.54) is 35.6 Å². The molecular weight excluding hydrogens is 352 g/mol. The fourth-order valence-electron chi connectivity index (χ4n) is 2.40. The van der Waals surface area contributed by atoms with Gasteiger partial charge in [0.25, 0.3) is 12.5 Å². The zero-order valence-corrected chi connectivity index (χ0v) is 14.8. The Bertz CT molecular complexity index is 734. The molecule has 25 heavy (non-hydrogen) atoms. The number of amides is 1. The molecule has 0 bridgehead atoms. The summed E-state index contributed by atoms with van der Waals surface area (Å²) in [7, 11) is -1.06. The number of carbonyl (C=O) groups is 1. The lowest BCUT2D eigenvalue weighted by atomic mass is 10.3. The number of carbonyl (C=O) groups excluding carboxylic acids is 1. The topological polar surface area (TPSA) is 115 Å². The summed E-state index contributed by atoms with van der Waals surface area (Å²) in [5.41, 5.74) is 0. The third-order valence-electron chi connectivity index (χ3n) is 3.66. The zero-order valence-electron chi connectivity index (χ0n) is 14.0. The van der Waals surface area contributed by atoms with E-state index >= 15 is 0 Å². The lowest BCUT2D eigenvalue weighted by molar-refractivity contribution is -0.547. The molecule has 10 nitrogen and oxygen atoms in total. The summed E-state index contributed by atoms with van der Waals surface area (Å²) < 4.78 is 31.7. The highest BCUT2D eigenvalue weighted by Gasteiger charge is 2.32. The Morgan fingerprint density at radius 2 is 1.96 bits per heavy atom. The average Bonchev–Trinajstić information content (AvgIpc) is 2.62. The minimum Gasteiger partial charge on any atom is -0.597 e. The molecule has 1 saturated heterocycles. The number of hydrogen-bond donors (Lipinski definition) is 0. The SMILES string of the molecule is CO/N=[N+](/[O-])CC(=O)N1CCCN(S(=O)(=O)c2ccc(OC)cc2)C1. The molecule has 0 radical (unpaired) electrons. The number of hydrogen-bond acceptors (Lipinski definition) is 7. The van der Waals surface area contributed by atoms with Crippen LogP contribution in [0.3, 0.4) is 0 Å². The summed E-state index contributed by atoms with van der Waals surface area (Å²) in [6.07, 6.45) is 0.474. The number of ether oxygens (including phenoxy) is 1. The van der Waals surface area contributed by atoms with Gasteiger partial charge in [0, 0.05) is 13.1 Å². The van der Waals surface area contributed by atoms with Crippen molar-refractivity contribution < 1.29 is 27.6 Å². The van der Waals surface area contributed by atoms with Gasteiger partial charge in [-0.05, 0) is 35.5 Å². The lowest BCUT2D eigenvalue weighted by Gasteiger charge is -2.34. The van der Waals surface area contributed by atoms with Crippen LogP contribution in [-0.2, 0) is 19.7 Å². The van der Waals surface area contributed by atoms with Crippen LogP contribution in [0.25, 0.3) is 0 Å². The molecule has 2 rings (SSSR count). The van der Waals surface area contributed by atoms with E-state index in [9.17, 15) is 18.4 Å². The van der Waals surface area contributed by atoms with E-state index in [1.807, 2.05) is 0 Å². The third-order valence-corrected chi connectivity index (χ3v) is 5.50. The maximum absolute atomic E-state index is 12.7. The van der Waals surface area contributed by atoms with Gasteiger partial charge in [-0.15, -0.1) is 0 Å². The van der Waals surface area contributed by atoms with Crippen molar-refractivity contribution in [3.8, 4) is 5.75 Å². The van der Waals surface area contributed by atoms with Crippen LogP contribution >= 0.6 is 0 Å². The van der Waals surface area contributed by atoms with Crippen LogP contribution in [0.2, 0.25) is 0 Å². The van der Waals surface area contributed by atoms with Gasteiger partial charge in [-0.3, -0.25) is 4.79 Å². The second-order valence-corrected chi connectivity index (χ2v) is 7.22. The van der Waals surface area contributed by atoms with Gasteiger partial charge in [-0.1, -0.05) is 0 Å². The highest BCUT2D eigenvalue weighted by molar-refractivity contribution is 7.89. The molecular formula is C14H20N4O6S. The van der Waals surface area contributed by atoms with Gasteiger partial charge in [0.1, 0.15) is 12.9 Å². The molecule has 11 heteroatoms. The van der Waals surface area contributed by atoms with Crippen molar-refractivity contribution >= 4 is 15.9 Å². The van der Waals surface area contributed by atoms with Crippen molar-refractivity contribution in [3.05, 3.63) is 29.5 Å². The minimum absolute atomic E-state index is 0.110. The fourth-order valence-corrected chi connectivity index (χ4v) is 3.84. The Balaban J connectivity index is 2.11. The van der Waals surface area contributed by atoms with Crippen LogP contribution in [0.15, 0.2) is 34.4 Å². The van der Waals surface area contributed by atoms with E-state index < -0.39 is 22.5 Å². The van der Waals surface area contributed by atoms with Crippen LogP contribution < -0.4 is 4.74 Å². The molecule has 0 unspecified atom stereocenters. The highest BCUT2D eigenvalue weighted by atomic mass is 32.2. The first-order valence-electron chi connectivity index (χ1n) is 7.49. The summed E-state index contributed by atoms with van der Waals surface area (Å²) in [4.78, 5) is 17.9. The van der Waals surface area contributed by atoms with Gasteiger partial charge >= 0.3 is 0 Å². The van der Waals surface area contributed by atoms with Crippen molar-refractivity contribution in [2.75, 3.05) is 40.5 Å². The normalized spacial score (nSPS) is 16.6. The number of nitrogens with zero attached hydrogens (tertiary/aromatic N) is 4. The number of sulfonamides is 1. The maximum atomic E-state index is 12.7. The lowest BCUT2D eigenvalue weighted by Crippen LogP contribution is -2.50. The smallest absolute Gasteiger partial charge is 0.293 e. The maximum Gasteiger partial charge on any atom is 0.293 e. The van der Waals surface area contributed by atoms with Crippen molar-refractivity contribution in [1.29, 1.82) is 0 Å². The van der Waals surface area contributed by atoms with Gasteiger partial charge in [0.2, 0.25) is 10.0 Å². The van der Waals surface area contributed by atoms with E-state index in [1.54, 1.807) is 12.1 Å². The summed E-state index contributed by atoms with van der Waals surface area (Å²) in [5, 5.41) is 14.4. The number of methoxy groups -OCH3 is 1. The van der Waals surface area contributed by atoms with E-state index in [2.05, 4.69) is 10.1 Å². The first kappa shape index (κ1) is 18.9. The second-order valence-electron chi connectivity index (χ2n) is 5.28. The molecule has 138 valence electrons. The Labute approximate surface area is 145 Å². The monoisotopic (exact) mass is 372 g/mol. The first-order chi connectivity index (χ1) is 11.9. The third kappa shape index (κ3) is 4.57. The first-order valence-corrected chi connectivity index (χ1v) is 8.93. The standard InChI is InChI=1S/C14H20N4O6S/c1-23-12-4-6-13(7-5-12)25(21,22)17-9-3-8-16(11-17)14(19)10-18(20)15-24-2/h4-7H,3,8-11H2,1-2H3/b18-15+. The van der Waals surface area contributed by atoms with Crippen molar-refractivity contribution in [2.45, 2.75) is 11.3 Å². The van der Waals surface area contributed by atoms with Gasteiger partial charge in [-0.25, -0.2) is 8.42 Å². The van der Waals surface area contributed by atoms with Crippen molar-refractivity contribution in [1.82, 2.24) is 9.21 Å². The molecule has 0 aromatic heterocycles. The number of hydroxylamine groups is 1. The molecule has 1 aliphatic heterocycles. The van der Waals surface area contributed by atoms with E-state index in [4.69, 9.17) is 4.74 Å². The average molecular weight is 372 g/mol. The molecule has 0 aliphatic carbocycles. The van der Waals surface area contributed by atoms with Crippen molar-refractivity contribution in [2.24, 2.45) is 5.28 Å². The zero-order chi connectivity index (χ0) is 18.4. The van der Waals surface area contributed by atoms with Crippen molar-refractivity contribution in [3.63, 3.8) is 0 Å². The van der Waals surface area contributed by atoms with Gasteiger partial charge < -0.3 is 19.7 Å². The minimum atomic E-state index is -3.75. The summed E-state index contributed by atoms with van der Waals surface area (Å²) in [5.74, 6) is 0.0252. The molecule has 1 aromatic rings. The summed E-state index contributed by atoms with van der Waals surface area (Å²) in [6, 6.07) is 6.01. The molecule has 1 aliphatic rings. The van der Waals surface area contributed by atoms with E-state index in [0.29, 0.717) is 25.3 Å². The number of rotatable bonds is 6. The van der Waals surface area contributed by atoms with Crippen LogP contribution in [0.4, 0.5) is 0 Å². The summed E-state index contributed by atoms with van der Waals surface area (Å²) in [6.45, 7) is 0.00818. The molecule has 0 atom stereocenters. The Morgan fingerprint density at radius 1 is 1.28 bits per heavy atom.